The summed E-state index contributed by atoms with van der Waals surface area (Å²) >= 11 is 7.55. The van der Waals surface area contributed by atoms with Gasteiger partial charge >= 0.3 is 0 Å². The lowest BCUT2D eigenvalue weighted by Gasteiger charge is -2.11. The molecule has 0 saturated carbocycles. The molecular weight excluding hydrogens is 432 g/mol. The van der Waals surface area contributed by atoms with Crippen LogP contribution in [0.2, 0.25) is 5.02 Å². The maximum atomic E-state index is 12.5. The minimum Gasteiger partial charge on any atom is -0.469 e. The number of thioether (sulfide) groups is 1. The number of anilines is 1. The van der Waals surface area contributed by atoms with Gasteiger partial charge in [0.2, 0.25) is 5.91 Å². The lowest BCUT2D eigenvalue weighted by molar-refractivity contribution is -0.113. The molecule has 4 rings (SSSR count). The Labute approximate surface area is 189 Å². The molecule has 0 atom stereocenters. The number of hydrogen-bond acceptors (Lipinski definition) is 5. The molecule has 0 fully saturated rings. The van der Waals surface area contributed by atoms with Gasteiger partial charge in [0.1, 0.15) is 5.76 Å². The van der Waals surface area contributed by atoms with Crippen molar-refractivity contribution in [1.29, 1.82) is 0 Å². The summed E-state index contributed by atoms with van der Waals surface area (Å²) in [5, 5.41) is 12.8. The number of aryl methyl sites for hydroxylation is 2. The van der Waals surface area contributed by atoms with Crippen molar-refractivity contribution in [3.8, 4) is 11.4 Å². The fourth-order valence-corrected chi connectivity index (χ4v) is 4.18. The Morgan fingerprint density at radius 1 is 1.13 bits per heavy atom. The van der Waals surface area contributed by atoms with Crippen molar-refractivity contribution in [1.82, 2.24) is 14.8 Å². The van der Waals surface area contributed by atoms with Crippen molar-refractivity contribution in [2.24, 2.45) is 0 Å². The number of furan rings is 1. The molecule has 2 aromatic heterocycles. The summed E-state index contributed by atoms with van der Waals surface area (Å²) < 4.78 is 7.46. The average molecular weight is 453 g/mol. The Morgan fingerprint density at radius 2 is 1.94 bits per heavy atom. The van der Waals surface area contributed by atoms with Crippen molar-refractivity contribution < 1.29 is 9.21 Å². The van der Waals surface area contributed by atoms with Gasteiger partial charge in [-0.2, -0.15) is 0 Å². The van der Waals surface area contributed by atoms with Gasteiger partial charge in [-0.05, 0) is 43.2 Å². The van der Waals surface area contributed by atoms with Crippen LogP contribution in [0.5, 0.6) is 0 Å². The molecule has 0 saturated heterocycles. The zero-order valence-electron chi connectivity index (χ0n) is 17.1. The van der Waals surface area contributed by atoms with Crippen LogP contribution >= 0.6 is 23.4 Å². The molecule has 0 aliphatic carbocycles. The highest BCUT2D eigenvalue weighted by Crippen LogP contribution is 2.28. The fraction of sp³-hybridized carbons (Fsp3) is 0.174. The van der Waals surface area contributed by atoms with Crippen LogP contribution in [0.15, 0.2) is 70.4 Å². The Morgan fingerprint density at radius 3 is 2.65 bits per heavy atom. The van der Waals surface area contributed by atoms with E-state index in [0.717, 1.165) is 22.5 Å². The second-order valence-electron chi connectivity index (χ2n) is 7.09. The number of nitrogens with zero attached hydrogens (tertiary/aromatic N) is 3. The van der Waals surface area contributed by atoms with Crippen LogP contribution in [0.4, 0.5) is 5.69 Å². The van der Waals surface area contributed by atoms with Crippen molar-refractivity contribution >= 4 is 35.0 Å². The first kappa shape index (κ1) is 21.2. The lowest BCUT2D eigenvalue weighted by Crippen LogP contribution is -2.15. The van der Waals surface area contributed by atoms with Crippen molar-refractivity contribution in [3.05, 3.63) is 82.8 Å². The molecule has 8 heteroatoms. The molecule has 31 heavy (non-hydrogen) atoms. The summed E-state index contributed by atoms with van der Waals surface area (Å²) in [6.07, 6.45) is 1.64. The molecule has 2 aromatic carbocycles. The van der Waals surface area contributed by atoms with E-state index in [1.807, 2.05) is 66.9 Å². The molecular formula is C23H21ClN4O2S. The number of aromatic nitrogens is 3. The van der Waals surface area contributed by atoms with Gasteiger partial charge < -0.3 is 9.73 Å². The normalized spacial score (nSPS) is 10.9. The zero-order chi connectivity index (χ0) is 21.8. The van der Waals surface area contributed by atoms with Crippen LogP contribution in [0.3, 0.4) is 0 Å². The number of hydrogen-bond donors (Lipinski definition) is 1. The average Bonchev–Trinajstić information content (AvgIpc) is 3.35. The van der Waals surface area contributed by atoms with E-state index in [2.05, 4.69) is 15.5 Å². The van der Waals surface area contributed by atoms with Crippen LogP contribution < -0.4 is 5.32 Å². The Kier molecular flexibility index (Phi) is 6.44. The van der Waals surface area contributed by atoms with Gasteiger partial charge in [-0.3, -0.25) is 9.36 Å². The maximum Gasteiger partial charge on any atom is 0.234 e. The van der Waals surface area contributed by atoms with Gasteiger partial charge in [0.15, 0.2) is 11.0 Å². The molecule has 1 N–H and O–H groups in total. The Balaban J connectivity index is 1.54. The van der Waals surface area contributed by atoms with Crippen LogP contribution in [-0.4, -0.2) is 26.4 Å². The molecule has 1 amide bonds. The van der Waals surface area contributed by atoms with E-state index >= 15 is 0 Å². The van der Waals surface area contributed by atoms with E-state index < -0.39 is 0 Å². The van der Waals surface area contributed by atoms with Crippen molar-refractivity contribution in [2.75, 3.05) is 11.1 Å². The maximum absolute atomic E-state index is 12.5. The smallest absolute Gasteiger partial charge is 0.234 e. The number of carbonyl (C=O) groups excluding carboxylic acids is 1. The zero-order valence-corrected chi connectivity index (χ0v) is 18.7. The van der Waals surface area contributed by atoms with E-state index in [1.165, 1.54) is 11.8 Å². The predicted molar refractivity (Wildman–Crippen MR) is 124 cm³/mol. The van der Waals surface area contributed by atoms with Crippen molar-refractivity contribution in [2.45, 2.75) is 25.5 Å². The van der Waals surface area contributed by atoms with Gasteiger partial charge in [0.25, 0.3) is 0 Å². The quantitative estimate of drug-likeness (QED) is 0.370. The predicted octanol–water partition coefficient (Wildman–Crippen LogP) is 5.59. The summed E-state index contributed by atoms with van der Waals surface area (Å²) in [6.45, 7) is 4.43. The first-order valence-electron chi connectivity index (χ1n) is 9.71. The molecule has 0 aliphatic rings. The third-order valence-corrected chi connectivity index (χ3v) is 6.01. The second-order valence-corrected chi connectivity index (χ2v) is 8.44. The molecule has 2 heterocycles. The van der Waals surface area contributed by atoms with E-state index in [4.69, 9.17) is 16.0 Å². The largest absolute Gasteiger partial charge is 0.469 e. The summed E-state index contributed by atoms with van der Waals surface area (Å²) in [6, 6.07) is 17.5. The first-order valence-corrected chi connectivity index (χ1v) is 11.1. The second kappa shape index (κ2) is 9.41. The van der Waals surface area contributed by atoms with E-state index in [9.17, 15) is 4.79 Å². The topological polar surface area (TPSA) is 73.0 Å². The molecule has 0 bridgehead atoms. The number of nitrogens with one attached hydrogen (secondary N) is 1. The van der Waals surface area contributed by atoms with Gasteiger partial charge in [0, 0.05) is 0 Å². The van der Waals surface area contributed by atoms with Gasteiger partial charge in [0.05, 0.1) is 34.8 Å². The monoisotopic (exact) mass is 452 g/mol. The number of benzene rings is 2. The number of amides is 1. The molecule has 158 valence electrons. The highest BCUT2D eigenvalue weighted by atomic mass is 35.5. The van der Waals surface area contributed by atoms with Crippen LogP contribution in [-0.2, 0) is 11.3 Å². The summed E-state index contributed by atoms with van der Waals surface area (Å²) in [4.78, 5) is 12.5. The number of carbonyl (C=O) groups is 1. The summed E-state index contributed by atoms with van der Waals surface area (Å²) in [7, 11) is 0. The highest BCUT2D eigenvalue weighted by molar-refractivity contribution is 7.99. The van der Waals surface area contributed by atoms with E-state index in [-0.39, 0.29) is 11.7 Å². The van der Waals surface area contributed by atoms with E-state index in [1.54, 1.807) is 12.3 Å². The van der Waals surface area contributed by atoms with E-state index in [0.29, 0.717) is 28.2 Å². The summed E-state index contributed by atoms with van der Waals surface area (Å²) in [5.41, 5.74) is 3.63. The fourth-order valence-electron chi connectivity index (χ4n) is 3.16. The highest BCUT2D eigenvalue weighted by Gasteiger charge is 2.19. The molecule has 0 unspecified atom stereocenters. The van der Waals surface area contributed by atoms with Crippen LogP contribution in [0, 0.1) is 13.8 Å². The van der Waals surface area contributed by atoms with Crippen LogP contribution in [0.1, 0.15) is 16.9 Å². The molecule has 0 radical (unpaired) electrons. The molecule has 0 aliphatic heterocycles. The first-order chi connectivity index (χ1) is 15.0. The Hall–Kier alpha value is -3.03. The number of halogens is 1. The molecule has 0 spiro atoms. The molecule has 6 nitrogen and oxygen atoms in total. The number of rotatable bonds is 7. The third-order valence-electron chi connectivity index (χ3n) is 4.73. The Bertz CT molecular complexity index is 1200. The minimum atomic E-state index is -0.161. The van der Waals surface area contributed by atoms with Crippen LogP contribution in [0.25, 0.3) is 11.4 Å². The SMILES string of the molecule is Cc1ccc(NC(=O)CSc2nnc(-c3ccoc3C)n2Cc2ccccc2)c(Cl)c1. The lowest BCUT2D eigenvalue weighted by atomic mass is 10.2. The molecule has 4 aromatic rings. The van der Waals surface area contributed by atoms with Gasteiger partial charge in [-0.1, -0.05) is 59.8 Å². The van der Waals surface area contributed by atoms with Crippen molar-refractivity contribution in [3.63, 3.8) is 0 Å². The standard InChI is InChI=1S/C23H21ClN4O2S/c1-15-8-9-20(19(24)12-15)25-21(29)14-31-23-27-26-22(18-10-11-30-16(18)2)28(23)13-17-6-4-3-5-7-17/h3-12H,13-14H2,1-2H3,(H,25,29). The minimum absolute atomic E-state index is 0.161. The van der Waals surface area contributed by atoms with Gasteiger partial charge in [-0.25, -0.2) is 0 Å². The van der Waals surface area contributed by atoms with Gasteiger partial charge in [-0.15, -0.1) is 10.2 Å². The third kappa shape index (κ3) is 5.00. The summed E-state index contributed by atoms with van der Waals surface area (Å²) in [5.74, 6) is 1.50.